The van der Waals surface area contributed by atoms with Gasteiger partial charge in [0, 0.05) is 6.54 Å². The van der Waals surface area contributed by atoms with Crippen LogP contribution in [0.4, 0.5) is 0 Å². The molecule has 1 heterocycles. The van der Waals surface area contributed by atoms with Crippen LogP contribution in [0.3, 0.4) is 0 Å². The van der Waals surface area contributed by atoms with E-state index in [0.29, 0.717) is 0 Å². The molecule has 0 saturated carbocycles. The van der Waals surface area contributed by atoms with Gasteiger partial charge in [-0.3, -0.25) is 9.79 Å². The molecule has 0 aromatic rings. The van der Waals surface area contributed by atoms with Crippen LogP contribution in [-0.4, -0.2) is 31.9 Å². The zero-order valence-electron chi connectivity index (χ0n) is 13.2. The van der Waals surface area contributed by atoms with Crippen molar-refractivity contribution in [2.24, 2.45) is 10.7 Å². The Kier molecular flexibility index (Phi) is 18.4. The maximum Gasteiger partial charge on any atom is 0.322 e. The van der Waals surface area contributed by atoms with Crippen molar-refractivity contribution in [2.75, 3.05) is 13.7 Å². The standard InChI is InChI=1S/C7H15NO2.C6H11N.C2H6/c1-3-4-5-6(8)7(9)10-2;1-2-4-6-7-5-3-1;1-2/h6H,3-5,8H2,1-2H3;5H,1-4,6H2;1-2H3. The van der Waals surface area contributed by atoms with E-state index in [1.54, 1.807) is 0 Å². The van der Waals surface area contributed by atoms with E-state index in [0.717, 1.165) is 25.8 Å². The second-order valence-electron chi connectivity index (χ2n) is 4.21. The van der Waals surface area contributed by atoms with Crippen molar-refractivity contribution in [3.8, 4) is 0 Å². The monoisotopic (exact) mass is 272 g/mol. The molecule has 19 heavy (non-hydrogen) atoms. The van der Waals surface area contributed by atoms with E-state index in [2.05, 4.69) is 16.7 Å². The number of nitrogens with two attached hydrogens (primary N) is 1. The normalized spacial score (nSPS) is 15.0. The molecule has 0 aromatic carbocycles. The van der Waals surface area contributed by atoms with Gasteiger partial charge in [-0.25, -0.2) is 0 Å². The third-order valence-corrected chi connectivity index (χ3v) is 2.62. The minimum absolute atomic E-state index is 0.312. The zero-order chi connectivity index (χ0) is 14.9. The summed E-state index contributed by atoms with van der Waals surface area (Å²) in [5.74, 6) is -0.312. The van der Waals surface area contributed by atoms with Gasteiger partial charge in [-0.1, -0.05) is 40.0 Å². The third kappa shape index (κ3) is 15.0. The first-order chi connectivity index (χ1) is 9.22. The van der Waals surface area contributed by atoms with Crippen LogP contribution in [0, 0.1) is 0 Å². The highest BCUT2D eigenvalue weighted by molar-refractivity contribution is 5.75. The number of hydrogen-bond acceptors (Lipinski definition) is 4. The molecule has 114 valence electrons. The van der Waals surface area contributed by atoms with Crippen molar-refractivity contribution < 1.29 is 9.53 Å². The number of ether oxygens (including phenoxy) is 1. The number of carbonyl (C=O) groups is 1. The van der Waals surface area contributed by atoms with Crippen molar-refractivity contribution >= 4 is 12.2 Å². The molecule has 1 rings (SSSR count). The largest absolute Gasteiger partial charge is 0.468 e. The molecule has 1 atom stereocenters. The maximum atomic E-state index is 10.7. The van der Waals surface area contributed by atoms with Gasteiger partial charge in [0.15, 0.2) is 0 Å². The molecule has 4 heteroatoms. The number of rotatable bonds is 4. The van der Waals surface area contributed by atoms with E-state index >= 15 is 0 Å². The Labute approximate surface area is 118 Å². The first-order valence-electron chi connectivity index (χ1n) is 7.54. The molecule has 0 amide bonds. The van der Waals surface area contributed by atoms with Gasteiger partial charge in [-0.05, 0) is 31.9 Å². The van der Waals surface area contributed by atoms with Crippen LogP contribution in [0.25, 0.3) is 0 Å². The lowest BCUT2D eigenvalue weighted by atomic mass is 10.1. The average Bonchev–Trinajstić information content (AvgIpc) is 2.79. The summed E-state index contributed by atoms with van der Waals surface area (Å²) >= 11 is 0. The SMILES string of the molecule is C1=NCCCCC1.CC.CCCCC(N)C(=O)OC. The van der Waals surface area contributed by atoms with E-state index in [9.17, 15) is 4.79 Å². The Hall–Kier alpha value is -0.900. The van der Waals surface area contributed by atoms with Gasteiger partial charge in [-0.2, -0.15) is 0 Å². The first-order valence-corrected chi connectivity index (χ1v) is 7.54. The Bertz CT molecular complexity index is 210. The van der Waals surface area contributed by atoms with Crippen LogP contribution in [-0.2, 0) is 9.53 Å². The lowest BCUT2D eigenvalue weighted by Crippen LogP contribution is -2.31. The highest BCUT2D eigenvalue weighted by Crippen LogP contribution is 2.01. The highest BCUT2D eigenvalue weighted by Gasteiger charge is 2.11. The van der Waals surface area contributed by atoms with E-state index in [-0.39, 0.29) is 5.97 Å². The Morgan fingerprint density at radius 2 is 2.05 bits per heavy atom. The van der Waals surface area contributed by atoms with Gasteiger partial charge in [-0.15, -0.1) is 0 Å². The van der Waals surface area contributed by atoms with Crippen LogP contribution in [0.1, 0.15) is 65.7 Å². The predicted octanol–water partition coefficient (Wildman–Crippen LogP) is 3.33. The Morgan fingerprint density at radius 1 is 1.37 bits per heavy atom. The van der Waals surface area contributed by atoms with E-state index < -0.39 is 6.04 Å². The number of unbranched alkanes of at least 4 members (excludes halogenated alkanes) is 1. The van der Waals surface area contributed by atoms with E-state index in [1.807, 2.05) is 20.1 Å². The lowest BCUT2D eigenvalue weighted by Gasteiger charge is -2.06. The van der Waals surface area contributed by atoms with Gasteiger partial charge in [0.2, 0.25) is 0 Å². The highest BCUT2D eigenvalue weighted by atomic mass is 16.5. The molecular formula is C15H32N2O2. The molecule has 1 aliphatic heterocycles. The summed E-state index contributed by atoms with van der Waals surface area (Å²) in [6, 6.07) is -0.426. The number of hydrogen-bond donors (Lipinski definition) is 1. The molecule has 0 bridgehead atoms. The predicted molar refractivity (Wildman–Crippen MR) is 82.7 cm³/mol. The molecule has 0 aromatic heterocycles. The molecule has 0 saturated heterocycles. The summed E-state index contributed by atoms with van der Waals surface area (Å²) in [4.78, 5) is 14.8. The molecule has 1 unspecified atom stereocenters. The van der Waals surface area contributed by atoms with Gasteiger partial charge in [0.25, 0.3) is 0 Å². The number of esters is 1. The summed E-state index contributed by atoms with van der Waals surface area (Å²) in [5.41, 5.74) is 5.44. The summed E-state index contributed by atoms with van der Waals surface area (Å²) in [7, 11) is 1.36. The number of carbonyl (C=O) groups excluding carboxylic acids is 1. The molecule has 0 aliphatic carbocycles. The number of aliphatic imine (C=N–C) groups is 1. The fourth-order valence-electron chi connectivity index (χ4n) is 1.49. The van der Waals surface area contributed by atoms with Gasteiger partial charge in [0.05, 0.1) is 7.11 Å². The quantitative estimate of drug-likeness (QED) is 0.798. The smallest absolute Gasteiger partial charge is 0.322 e. The topological polar surface area (TPSA) is 64.7 Å². The van der Waals surface area contributed by atoms with Gasteiger partial charge >= 0.3 is 5.97 Å². The van der Waals surface area contributed by atoms with Crippen molar-refractivity contribution in [1.82, 2.24) is 0 Å². The molecule has 0 spiro atoms. The van der Waals surface area contributed by atoms with Crippen LogP contribution in [0.15, 0.2) is 4.99 Å². The van der Waals surface area contributed by atoms with E-state index in [4.69, 9.17) is 5.73 Å². The molecule has 1 aliphatic rings. The van der Waals surface area contributed by atoms with Crippen molar-refractivity contribution in [3.05, 3.63) is 0 Å². The number of nitrogens with zero attached hydrogens (tertiary/aromatic N) is 1. The fraction of sp³-hybridized carbons (Fsp3) is 0.867. The number of methoxy groups -OCH3 is 1. The average molecular weight is 272 g/mol. The van der Waals surface area contributed by atoms with E-state index in [1.165, 1.54) is 32.8 Å². The summed E-state index contributed by atoms with van der Waals surface area (Å²) in [6.45, 7) is 7.13. The second-order valence-corrected chi connectivity index (χ2v) is 4.21. The van der Waals surface area contributed by atoms with Crippen molar-refractivity contribution in [1.29, 1.82) is 0 Å². The van der Waals surface area contributed by atoms with Crippen LogP contribution in [0.5, 0.6) is 0 Å². The second kappa shape index (κ2) is 17.1. The maximum absolute atomic E-state index is 10.7. The minimum atomic E-state index is -0.426. The van der Waals surface area contributed by atoms with Crippen molar-refractivity contribution in [3.63, 3.8) is 0 Å². The fourth-order valence-corrected chi connectivity index (χ4v) is 1.49. The summed E-state index contributed by atoms with van der Waals surface area (Å²) in [5, 5.41) is 0. The van der Waals surface area contributed by atoms with Crippen LogP contribution >= 0.6 is 0 Å². The zero-order valence-corrected chi connectivity index (χ0v) is 13.2. The third-order valence-electron chi connectivity index (χ3n) is 2.62. The van der Waals surface area contributed by atoms with Gasteiger partial charge in [0.1, 0.15) is 6.04 Å². The molecule has 0 radical (unpaired) electrons. The molecular weight excluding hydrogens is 240 g/mol. The first kappa shape index (κ1) is 20.4. The van der Waals surface area contributed by atoms with Crippen LogP contribution in [0.2, 0.25) is 0 Å². The molecule has 0 fully saturated rings. The van der Waals surface area contributed by atoms with Crippen LogP contribution < -0.4 is 5.73 Å². The molecule has 2 N–H and O–H groups in total. The summed E-state index contributed by atoms with van der Waals surface area (Å²) < 4.78 is 4.45. The van der Waals surface area contributed by atoms with Gasteiger partial charge < -0.3 is 10.5 Å². The van der Waals surface area contributed by atoms with Crippen molar-refractivity contribution in [2.45, 2.75) is 71.8 Å². The lowest BCUT2D eigenvalue weighted by molar-refractivity contribution is -0.142. The summed E-state index contributed by atoms with van der Waals surface area (Å²) in [6.07, 6.45) is 10.1. The Balaban J connectivity index is 0. The molecule has 4 nitrogen and oxygen atoms in total. The minimum Gasteiger partial charge on any atom is -0.468 e. The Morgan fingerprint density at radius 3 is 2.63 bits per heavy atom.